The molecule has 0 aromatic heterocycles. The van der Waals surface area contributed by atoms with Gasteiger partial charge in [0.05, 0.1) is 19.3 Å². The number of halogens is 1. The van der Waals surface area contributed by atoms with E-state index in [0.29, 0.717) is 24.7 Å². The average molecular weight is 294 g/mol. The van der Waals surface area contributed by atoms with Crippen LogP contribution in [0, 0.1) is 24.6 Å². The number of ether oxygens (including phenoxy) is 3. The molecular formula is C17H23FO3. The Hall–Kier alpha value is -0.970. The van der Waals surface area contributed by atoms with E-state index in [4.69, 9.17) is 14.2 Å². The number of rotatable bonds is 2. The number of hydrogen-bond acceptors (Lipinski definition) is 3. The van der Waals surface area contributed by atoms with Crippen molar-refractivity contribution in [2.75, 3.05) is 19.8 Å². The van der Waals surface area contributed by atoms with Gasteiger partial charge in [-0.3, -0.25) is 0 Å². The maximum Gasteiger partial charge on any atom is 0.183 e. The molecule has 3 nitrogen and oxygen atoms in total. The van der Waals surface area contributed by atoms with E-state index in [1.54, 1.807) is 13.0 Å². The van der Waals surface area contributed by atoms with Crippen molar-refractivity contribution in [2.24, 2.45) is 11.8 Å². The molecule has 116 valence electrons. The Balaban J connectivity index is 1.56. The van der Waals surface area contributed by atoms with Crippen molar-refractivity contribution in [3.63, 3.8) is 0 Å². The highest BCUT2D eigenvalue weighted by Gasteiger charge is 2.32. The fraction of sp³-hybridized carbons (Fsp3) is 0.647. The monoisotopic (exact) mass is 294 g/mol. The van der Waals surface area contributed by atoms with Gasteiger partial charge < -0.3 is 14.2 Å². The molecule has 2 aliphatic rings. The predicted molar refractivity (Wildman–Crippen MR) is 77.4 cm³/mol. The number of hydrogen-bond donors (Lipinski definition) is 0. The largest absolute Gasteiger partial charge is 0.377 e. The normalized spacial score (nSPS) is 33.9. The molecule has 0 bridgehead atoms. The molecule has 0 N–H and O–H groups in total. The minimum absolute atomic E-state index is 0.216. The second kappa shape index (κ2) is 6.42. The Bertz CT molecular complexity index is 475. The summed E-state index contributed by atoms with van der Waals surface area (Å²) in [5, 5.41) is 0. The Morgan fingerprint density at radius 1 is 1.05 bits per heavy atom. The molecule has 21 heavy (non-hydrogen) atoms. The fourth-order valence-electron chi connectivity index (χ4n) is 2.96. The lowest BCUT2D eigenvalue weighted by atomic mass is 9.92. The van der Waals surface area contributed by atoms with Gasteiger partial charge in [-0.05, 0) is 37.3 Å². The van der Waals surface area contributed by atoms with Gasteiger partial charge in [0.1, 0.15) is 5.82 Å². The molecule has 1 aromatic rings. The SMILES string of the molecule is Cc1ccc(C2OCC(C3CCC(C)CO3)CO2)cc1F. The summed E-state index contributed by atoms with van der Waals surface area (Å²) < 4.78 is 31.1. The van der Waals surface area contributed by atoms with Gasteiger partial charge in [0.2, 0.25) is 0 Å². The number of benzene rings is 1. The third kappa shape index (κ3) is 3.44. The highest BCUT2D eigenvalue weighted by atomic mass is 19.1. The topological polar surface area (TPSA) is 27.7 Å². The van der Waals surface area contributed by atoms with E-state index in [-0.39, 0.29) is 17.8 Å². The molecule has 0 radical (unpaired) electrons. The molecular weight excluding hydrogens is 271 g/mol. The van der Waals surface area contributed by atoms with E-state index in [0.717, 1.165) is 18.6 Å². The van der Waals surface area contributed by atoms with Crippen molar-refractivity contribution < 1.29 is 18.6 Å². The summed E-state index contributed by atoms with van der Waals surface area (Å²) in [5.41, 5.74) is 1.38. The Morgan fingerprint density at radius 2 is 1.81 bits per heavy atom. The van der Waals surface area contributed by atoms with Crippen molar-refractivity contribution in [3.8, 4) is 0 Å². The van der Waals surface area contributed by atoms with Crippen LogP contribution in [0.15, 0.2) is 18.2 Å². The zero-order valence-corrected chi connectivity index (χ0v) is 12.7. The molecule has 2 aliphatic heterocycles. The van der Waals surface area contributed by atoms with Crippen LogP contribution in [-0.2, 0) is 14.2 Å². The molecule has 0 aliphatic carbocycles. The van der Waals surface area contributed by atoms with Crippen LogP contribution in [0.3, 0.4) is 0 Å². The molecule has 0 saturated carbocycles. The maximum atomic E-state index is 13.6. The van der Waals surface area contributed by atoms with Crippen molar-refractivity contribution in [1.82, 2.24) is 0 Å². The molecule has 2 heterocycles. The molecule has 2 unspecified atom stereocenters. The van der Waals surface area contributed by atoms with Crippen molar-refractivity contribution in [2.45, 2.75) is 39.1 Å². The third-order valence-electron chi connectivity index (χ3n) is 4.46. The van der Waals surface area contributed by atoms with E-state index in [1.807, 2.05) is 6.07 Å². The Labute approximate surface area is 125 Å². The van der Waals surface area contributed by atoms with E-state index in [1.165, 1.54) is 12.5 Å². The van der Waals surface area contributed by atoms with Gasteiger partial charge >= 0.3 is 0 Å². The highest BCUT2D eigenvalue weighted by molar-refractivity contribution is 5.24. The first-order valence-corrected chi connectivity index (χ1v) is 7.74. The molecule has 0 amide bonds. The van der Waals surface area contributed by atoms with Gasteiger partial charge in [0.15, 0.2) is 6.29 Å². The standard InChI is InChI=1S/C17H23FO3/c1-11-3-6-16(19-8-11)14-9-20-17(21-10-14)13-5-4-12(2)15(18)7-13/h4-5,7,11,14,16-17H,3,6,8-10H2,1-2H3. The summed E-state index contributed by atoms with van der Waals surface area (Å²) in [6, 6.07) is 5.12. The molecule has 2 saturated heterocycles. The van der Waals surface area contributed by atoms with Crippen LogP contribution in [0.5, 0.6) is 0 Å². The quantitative estimate of drug-likeness (QED) is 0.834. The zero-order valence-electron chi connectivity index (χ0n) is 12.7. The molecule has 4 heteroatoms. The first-order valence-electron chi connectivity index (χ1n) is 7.74. The molecule has 2 atom stereocenters. The molecule has 2 fully saturated rings. The first kappa shape index (κ1) is 14.9. The highest BCUT2D eigenvalue weighted by Crippen LogP contribution is 2.31. The summed E-state index contributed by atoms with van der Waals surface area (Å²) in [7, 11) is 0. The van der Waals surface area contributed by atoms with Crippen LogP contribution < -0.4 is 0 Å². The number of aryl methyl sites for hydroxylation is 1. The van der Waals surface area contributed by atoms with Crippen LogP contribution in [0.25, 0.3) is 0 Å². The second-order valence-electron chi connectivity index (χ2n) is 6.32. The predicted octanol–water partition coefficient (Wildman–Crippen LogP) is 3.61. The van der Waals surface area contributed by atoms with Gasteiger partial charge in [-0.2, -0.15) is 0 Å². The smallest absolute Gasteiger partial charge is 0.183 e. The lowest BCUT2D eigenvalue weighted by molar-refractivity contribution is -0.227. The Kier molecular flexibility index (Phi) is 4.57. The fourth-order valence-corrected chi connectivity index (χ4v) is 2.96. The first-order chi connectivity index (χ1) is 10.1. The van der Waals surface area contributed by atoms with Crippen LogP contribution in [0.1, 0.15) is 37.2 Å². The van der Waals surface area contributed by atoms with Gasteiger partial charge in [0.25, 0.3) is 0 Å². The summed E-state index contributed by atoms with van der Waals surface area (Å²) >= 11 is 0. The van der Waals surface area contributed by atoms with Crippen molar-refractivity contribution >= 4 is 0 Å². The molecule has 1 aromatic carbocycles. The summed E-state index contributed by atoms with van der Waals surface area (Å²) in [5.74, 6) is 0.713. The van der Waals surface area contributed by atoms with Crippen LogP contribution >= 0.6 is 0 Å². The second-order valence-corrected chi connectivity index (χ2v) is 6.32. The summed E-state index contributed by atoms with van der Waals surface area (Å²) in [6.45, 7) is 6.01. The molecule has 3 rings (SSSR count). The van der Waals surface area contributed by atoms with Gasteiger partial charge in [-0.25, -0.2) is 4.39 Å². The average Bonchev–Trinajstić information content (AvgIpc) is 2.51. The van der Waals surface area contributed by atoms with Crippen LogP contribution in [-0.4, -0.2) is 25.9 Å². The van der Waals surface area contributed by atoms with Gasteiger partial charge in [-0.1, -0.05) is 19.1 Å². The summed E-state index contributed by atoms with van der Waals surface area (Å²) in [6.07, 6.45) is 2.05. The minimum Gasteiger partial charge on any atom is -0.377 e. The van der Waals surface area contributed by atoms with E-state index < -0.39 is 6.29 Å². The lowest BCUT2D eigenvalue weighted by Crippen LogP contribution is -2.39. The minimum atomic E-state index is -0.459. The maximum absolute atomic E-state index is 13.6. The van der Waals surface area contributed by atoms with Gasteiger partial charge in [0, 0.05) is 18.1 Å². The van der Waals surface area contributed by atoms with Crippen LogP contribution in [0.2, 0.25) is 0 Å². The van der Waals surface area contributed by atoms with Gasteiger partial charge in [-0.15, -0.1) is 0 Å². The van der Waals surface area contributed by atoms with E-state index in [9.17, 15) is 4.39 Å². The lowest BCUT2D eigenvalue weighted by Gasteiger charge is -2.37. The summed E-state index contributed by atoms with van der Waals surface area (Å²) in [4.78, 5) is 0. The Morgan fingerprint density at radius 3 is 2.43 bits per heavy atom. The van der Waals surface area contributed by atoms with Crippen molar-refractivity contribution in [3.05, 3.63) is 35.1 Å². The van der Waals surface area contributed by atoms with Crippen LogP contribution in [0.4, 0.5) is 4.39 Å². The molecule has 0 spiro atoms. The zero-order chi connectivity index (χ0) is 14.8. The third-order valence-corrected chi connectivity index (χ3v) is 4.46. The van der Waals surface area contributed by atoms with E-state index >= 15 is 0 Å². The van der Waals surface area contributed by atoms with Crippen molar-refractivity contribution in [1.29, 1.82) is 0 Å². The van der Waals surface area contributed by atoms with E-state index in [2.05, 4.69) is 6.92 Å².